The van der Waals surface area contributed by atoms with E-state index in [0.717, 1.165) is 15.6 Å². The Morgan fingerprint density at radius 2 is 1.31 bits per heavy atom. The van der Waals surface area contributed by atoms with E-state index in [9.17, 15) is 9.59 Å². The van der Waals surface area contributed by atoms with Gasteiger partial charge in [0, 0.05) is 10.0 Å². The highest BCUT2D eigenvalue weighted by Crippen LogP contribution is 2.20. The lowest BCUT2D eigenvalue weighted by molar-refractivity contribution is 0.0319. The summed E-state index contributed by atoms with van der Waals surface area (Å²) in [5.41, 5.74) is 3.01. The van der Waals surface area contributed by atoms with Crippen LogP contribution in [-0.2, 0) is 4.74 Å². The molecule has 0 saturated carbocycles. The van der Waals surface area contributed by atoms with Crippen molar-refractivity contribution in [1.29, 1.82) is 0 Å². The second kappa shape index (κ2) is 8.11. The number of Topliss-reactive ketones (excluding diaryl/α,β-unsaturated/α-hetero) is 1. The number of hydrogen-bond acceptors (Lipinski definition) is 3. The van der Waals surface area contributed by atoms with Gasteiger partial charge < -0.3 is 4.74 Å². The molecule has 3 nitrogen and oxygen atoms in total. The number of ketones is 1. The largest absolute Gasteiger partial charge is 0.451 e. The van der Waals surface area contributed by atoms with Gasteiger partial charge >= 0.3 is 5.97 Å². The Kier molecular flexibility index (Phi) is 5.64. The lowest BCUT2D eigenvalue weighted by Gasteiger charge is -2.13. The van der Waals surface area contributed by atoms with Crippen molar-refractivity contribution in [3.8, 4) is 11.1 Å². The summed E-state index contributed by atoms with van der Waals surface area (Å²) in [6.07, 6.45) is -0.850. The van der Waals surface area contributed by atoms with E-state index in [1.54, 1.807) is 43.3 Å². The van der Waals surface area contributed by atoms with Gasteiger partial charge in [0.15, 0.2) is 6.10 Å². The Bertz CT molecular complexity index is 900. The molecule has 0 bridgehead atoms. The highest BCUT2D eigenvalue weighted by Gasteiger charge is 2.20. The van der Waals surface area contributed by atoms with Crippen LogP contribution in [-0.4, -0.2) is 17.9 Å². The van der Waals surface area contributed by atoms with Crippen LogP contribution in [0, 0.1) is 0 Å². The highest BCUT2D eigenvalue weighted by atomic mass is 79.9. The Morgan fingerprint density at radius 3 is 1.92 bits per heavy atom. The summed E-state index contributed by atoms with van der Waals surface area (Å²) in [6.45, 7) is 1.58. The molecule has 0 saturated heterocycles. The van der Waals surface area contributed by atoms with Crippen molar-refractivity contribution < 1.29 is 14.3 Å². The maximum atomic E-state index is 12.4. The molecule has 0 aliphatic heterocycles. The zero-order chi connectivity index (χ0) is 18.5. The quantitative estimate of drug-likeness (QED) is 0.410. The molecule has 0 aliphatic rings. The van der Waals surface area contributed by atoms with Gasteiger partial charge in [-0.2, -0.15) is 0 Å². The van der Waals surface area contributed by atoms with Gasteiger partial charge in [-0.25, -0.2) is 4.79 Å². The normalized spacial score (nSPS) is 11.6. The molecule has 4 heteroatoms. The van der Waals surface area contributed by atoms with Crippen molar-refractivity contribution in [3.63, 3.8) is 0 Å². The van der Waals surface area contributed by atoms with Gasteiger partial charge in [0.05, 0.1) is 5.56 Å². The fraction of sp³-hybridized carbons (Fsp3) is 0.0909. The van der Waals surface area contributed by atoms with Crippen LogP contribution in [0.25, 0.3) is 11.1 Å². The van der Waals surface area contributed by atoms with Gasteiger partial charge in [-0.3, -0.25) is 4.79 Å². The van der Waals surface area contributed by atoms with Gasteiger partial charge in [-0.15, -0.1) is 0 Å². The molecule has 130 valence electrons. The average Bonchev–Trinajstić information content (AvgIpc) is 2.68. The third-order valence-electron chi connectivity index (χ3n) is 4.01. The van der Waals surface area contributed by atoms with Crippen LogP contribution < -0.4 is 0 Å². The van der Waals surface area contributed by atoms with Crippen LogP contribution in [0.3, 0.4) is 0 Å². The maximum Gasteiger partial charge on any atom is 0.338 e. The maximum absolute atomic E-state index is 12.4. The minimum atomic E-state index is -0.850. The van der Waals surface area contributed by atoms with E-state index in [4.69, 9.17) is 4.74 Å². The van der Waals surface area contributed by atoms with E-state index in [1.807, 2.05) is 42.5 Å². The summed E-state index contributed by atoms with van der Waals surface area (Å²) in [5.74, 6) is -0.741. The average molecular weight is 409 g/mol. The first kappa shape index (κ1) is 18.1. The van der Waals surface area contributed by atoms with Crippen molar-refractivity contribution in [2.45, 2.75) is 13.0 Å². The monoisotopic (exact) mass is 408 g/mol. The van der Waals surface area contributed by atoms with Crippen molar-refractivity contribution in [2.24, 2.45) is 0 Å². The second-order valence-corrected chi connectivity index (χ2v) is 6.78. The van der Waals surface area contributed by atoms with E-state index < -0.39 is 12.1 Å². The molecule has 0 radical (unpaired) electrons. The molecule has 1 atom stereocenters. The first-order valence-electron chi connectivity index (χ1n) is 8.21. The van der Waals surface area contributed by atoms with Gasteiger partial charge in [-0.05, 0) is 42.3 Å². The summed E-state index contributed by atoms with van der Waals surface area (Å²) in [7, 11) is 0. The van der Waals surface area contributed by atoms with Crippen LogP contribution in [0.2, 0.25) is 0 Å². The number of rotatable bonds is 5. The summed E-state index contributed by atoms with van der Waals surface area (Å²) >= 11 is 3.33. The molecule has 0 heterocycles. The molecule has 3 aromatic rings. The van der Waals surface area contributed by atoms with Crippen molar-refractivity contribution in [3.05, 3.63) is 94.5 Å². The van der Waals surface area contributed by atoms with Gasteiger partial charge in [-0.1, -0.05) is 70.5 Å². The molecular formula is C22H17BrO3. The van der Waals surface area contributed by atoms with Crippen LogP contribution >= 0.6 is 15.9 Å². The van der Waals surface area contributed by atoms with Crippen LogP contribution in [0.4, 0.5) is 0 Å². The molecule has 3 rings (SSSR count). The molecule has 0 aliphatic carbocycles. The first-order valence-corrected chi connectivity index (χ1v) is 9.00. The zero-order valence-electron chi connectivity index (χ0n) is 14.2. The summed E-state index contributed by atoms with van der Waals surface area (Å²) < 4.78 is 6.21. The lowest BCUT2D eigenvalue weighted by atomic mass is 10.0. The van der Waals surface area contributed by atoms with E-state index in [0.29, 0.717) is 11.1 Å². The van der Waals surface area contributed by atoms with Crippen molar-refractivity contribution in [2.75, 3.05) is 0 Å². The third-order valence-corrected chi connectivity index (χ3v) is 4.54. The third kappa shape index (κ3) is 4.27. The SMILES string of the molecule is C[C@@H](OC(=O)c1ccc(-c2ccccc2)cc1)C(=O)c1ccc(Br)cc1. The number of ether oxygens (including phenoxy) is 1. The standard InChI is InChI=1S/C22H17BrO3/c1-15(21(24)18-11-13-20(23)14-12-18)26-22(25)19-9-7-17(8-10-19)16-5-3-2-4-6-16/h2-15H,1H3/t15-/m1/s1. The number of halogens is 1. The number of hydrogen-bond donors (Lipinski definition) is 0. The summed E-state index contributed by atoms with van der Waals surface area (Å²) in [5, 5.41) is 0. The molecule has 0 unspecified atom stereocenters. The van der Waals surface area contributed by atoms with E-state index in [-0.39, 0.29) is 5.78 Å². The number of carbonyl (C=O) groups excluding carboxylic acids is 2. The summed E-state index contributed by atoms with van der Waals surface area (Å²) in [6, 6.07) is 24.0. The molecule has 0 spiro atoms. The smallest absolute Gasteiger partial charge is 0.338 e. The Balaban J connectivity index is 1.67. The molecule has 0 fully saturated rings. The first-order chi connectivity index (χ1) is 12.5. The molecular weight excluding hydrogens is 392 g/mol. The second-order valence-electron chi connectivity index (χ2n) is 5.86. The predicted octanol–water partition coefficient (Wildman–Crippen LogP) is 5.54. The van der Waals surface area contributed by atoms with Gasteiger partial charge in [0.2, 0.25) is 5.78 Å². The fourth-order valence-corrected chi connectivity index (χ4v) is 2.82. The van der Waals surface area contributed by atoms with Gasteiger partial charge in [0.1, 0.15) is 0 Å². The topological polar surface area (TPSA) is 43.4 Å². The Labute approximate surface area is 160 Å². The van der Waals surface area contributed by atoms with E-state index in [2.05, 4.69) is 15.9 Å². The Hall–Kier alpha value is -2.72. The van der Waals surface area contributed by atoms with Gasteiger partial charge in [0.25, 0.3) is 0 Å². The van der Waals surface area contributed by atoms with Crippen LogP contribution in [0.5, 0.6) is 0 Å². The minimum Gasteiger partial charge on any atom is -0.451 e. The molecule has 3 aromatic carbocycles. The van der Waals surface area contributed by atoms with E-state index in [1.165, 1.54) is 0 Å². The number of esters is 1. The number of benzene rings is 3. The van der Waals surface area contributed by atoms with Crippen molar-refractivity contribution in [1.82, 2.24) is 0 Å². The Morgan fingerprint density at radius 1 is 0.769 bits per heavy atom. The molecule has 26 heavy (non-hydrogen) atoms. The summed E-state index contributed by atoms with van der Waals surface area (Å²) in [4.78, 5) is 24.7. The number of carbonyl (C=O) groups is 2. The molecule has 0 aromatic heterocycles. The zero-order valence-corrected chi connectivity index (χ0v) is 15.8. The van der Waals surface area contributed by atoms with Crippen LogP contribution in [0.15, 0.2) is 83.3 Å². The van der Waals surface area contributed by atoms with Crippen LogP contribution in [0.1, 0.15) is 27.6 Å². The lowest BCUT2D eigenvalue weighted by Crippen LogP contribution is -2.24. The van der Waals surface area contributed by atoms with Crippen molar-refractivity contribution >= 4 is 27.7 Å². The molecule has 0 amide bonds. The highest BCUT2D eigenvalue weighted by molar-refractivity contribution is 9.10. The predicted molar refractivity (Wildman–Crippen MR) is 105 cm³/mol. The minimum absolute atomic E-state index is 0.230. The fourth-order valence-electron chi connectivity index (χ4n) is 2.56. The molecule has 0 N–H and O–H groups in total. The van der Waals surface area contributed by atoms with E-state index >= 15 is 0 Å².